The normalized spacial score (nSPS) is 11.1. The number of halogens is 2. The zero-order valence-corrected chi connectivity index (χ0v) is 13.6. The van der Waals surface area contributed by atoms with Crippen molar-refractivity contribution in [3.63, 3.8) is 0 Å². The predicted octanol–water partition coefficient (Wildman–Crippen LogP) is 3.48. The average molecular weight is 358 g/mol. The molecule has 0 aliphatic heterocycles. The smallest absolute Gasteiger partial charge is 0.266 e. The summed E-state index contributed by atoms with van der Waals surface area (Å²) in [6.45, 7) is 0. The number of aromatic amines is 1. The standard InChI is InChI=1S/C16H9Cl2N5O/c17-9-5-6-13(11(18)7-9)23-15(14-19-8-20-22-14)21-12-4-2-1-3-10(12)16(23)24/h1-8H,(H,19,20,22). The molecule has 0 amide bonds. The second kappa shape index (κ2) is 5.74. The van der Waals surface area contributed by atoms with Gasteiger partial charge in [0.2, 0.25) is 0 Å². The summed E-state index contributed by atoms with van der Waals surface area (Å²) < 4.78 is 1.40. The van der Waals surface area contributed by atoms with Crippen LogP contribution in [-0.2, 0) is 0 Å². The molecule has 0 bridgehead atoms. The molecule has 2 heterocycles. The summed E-state index contributed by atoms with van der Waals surface area (Å²) in [5, 5.41) is 7.86. The minimum Gasteiger partial charge on any atom is -0.268 e. The maximum absolute atomic E-state index is 13.1. The number of hydrogen-bond acceptors (Lipinski definition) is 4. The Morgan fingerprint density at radius 3 is 2.67 bits per heavy atom. The van der Waals surface area contributed by atoms with Crippen LogP contribution in [0.3, 0.4) is 0 Å². The van der Waals surface area contributed by atoms with Crippen molar-refractivity contribution in [1.29, 1.82) is 0 Å². The third kappa shape index (κ3) is 2.36. The topological polar surface area (TPSA) is 76.5 Å². The summed E-state index contributed by atoms with van der Waals surface area (Å²) in [6.07, 6.45) is 1.35. The van der Waals surface area contributed by atoms with Gasteiger partial charge in [0.05, 0.1) is 21.6 Å². The third-order valence-corrected chi connectivity index (χ3v) is 4.09. The second-order valence-corrected chi connectivity index (χ2v) is 5.87. The maximum atomic E-state index is 13.1. The molecular formula is C16H9Cl2N5O. The van der Waals surface area contributed by atoms with Gasteiger partial charge in [-0.25, -0.2) is 9.97 Å². The minimum atomic E-state index is -0.253. The summed E-state index contributed by atoms with van der Waals surface area (Å²) >= 11 is 12.3. The summed E-state index contributed by atoms with van der Waals surface area (Å²) in [7, 11) is 0. The van der Waals surface area contributed by atoms with Crippen LogP contribution in [0.25, 0.3) is 28.2 Å². The van der Waals surface area contributed by atoms with E-state index in [0.717, 1.165) is 0 Å². The van der Waals surface area contributed by atoms with Gasteiger partial charge in [-0.05, 0) is 30.3 Å². The van der Waals surface area contributed by atoms with Crippen molar-refractivity contribution in [1.82, 2.24) is 24.7 Å². The van der Waals surface area contributed by atoms with E-state index in [0.29, 0.717) is 38.3 Å². The molecule has 6 nitrogen and oxygen atoms in total. The molecule has 0 saturated heterocycles. The summed E-state index contributed by atoms with van der Waals surface area (Å²) in [5.74, 6) is 0.685. The minimum absolute atomic E-state index is 0.253. The van der Waals surface area contributed by atoms with Gasteiger partial charge in [-0.1, -0.05) is 35.3 Å². The number of nitrogens with one attached hydrogen (secondary N) is 1. The molecule has 24 heavy (non-hydrogen) atoms. The first-order valence-electron chi connectivity index (χ1n) is 6.98. The van der Waals surface area contributed by atoms with Crippen LogP contribution in [0.2, 0.25) is 10.0 Å². The second-order valence-electron chi connectivity index (χ2n) is 5.02. The van der Waals surface area contributed by atoms with Gasteiger partial charge in [0, 0.05) is 5.02 Å². The highest BCUT2D eigenvalue weighted by Crippen LogP contribution is 2.27. The lowest BCUT2D eigenvalue weighted by molar-refractivity contribution is 0.949. The first kappa shape index (κ1) is 14.9. The lowest BCUT2D eigenvalue weighted by Gasteiger charge is -2.13. The van der Waals surface area contributed by atoms with Crippen LogP contribution in [0, 0.1) is 0 Å². The monoisotopic (exact) mass is 357 g/mol. The highest BCUT2D eigenvalue weighted by atomic mass is 35.5. The molecule has 118 valence electrons. The molecule has 8 heteroatoms. The van der Waals surface area contributed by atoms with E-state index in [9.17, 15) is 4.79 Å². The Balaban J connectivity index is 2.15. The number of benzene rings is 2. The Morgan fingerprint density at radius 1 is 1.08 bits per heavy atom. The molecule has 0 atom stereocenters. The number of nitrogens with zero attached hydrogens (tertiary/aromatic N) is 4. The number of rotatable bonds is 2. The van der Waals surface area contributed by atoms with E-state index in [2.05, 4.69) is 20.2 Å². The van der Waals surface area contributed by atoms with E-state index in [1.807, 2.05) is 6.07 Å². The molecule has 0 saturated carbocycles. The summed E-state index contributed by atoms with van der Waals surface area (Å²) in [5.41, 5.74) is 0.780. The fourth-order valence-electron chi connectivity index (χ4n) is 2.49. The molecule has 2 aromatic heterocycles. The van der Waals surface area contributed by atoms with Crippen LogP contribution in [0.15, 0.2) is 53.6 Å². The molecular weight excluding hydrogens is 349 g/mol. The summed E-state index contributed by atoms with van der Waals surface area (Å²) in [4.78, 5) is 21.7. The van der Waals surface area contributed by atoms with E-state index in [4.69, 9.17) is 23.2 Å². The molecule has 0 fully saturated rings. The Hall–Kier alpha value is -2.70. The van der Waals surface area contributed by atoms with Gasteiger partial charge in [-0.3, -0.25) is 14.5 Å². The Morgan fingerprint density at radius 2 is 1.92 bits per heavy atom. The fraction of sp³-hybridized carbons (Fsp3) is 0. The lowest BCUT2D eigenvalue weighted by atomic mass is 10.2. The van der Waals surface area contributed by atoms with Gasteiger partial charge in [-0.2, -0.15) is 5.10 Å². The molecule has 0 aliphatic rings. The van der Waals surface area contributed by atoms with Crippen LogP contribution >= 0.6 is 23.2 Å². The largest absolute Gasteiger partial charge is 0.268 e. The molecule has 4 rings (SSSR count). The van der Waals surface area contributed by atoms with Crippen molar-refractivity contribution < 1.29 is 0 Å². The van der Waals surface area contributed by atoms with Crippen molar-refractivity contribution in [2.75, 3.05) is 0 Å². The van der Waals surface area contributed by atoms with Crippen LogP contribution in [0.4, 0.5) is 0 Å². The number of fused-ring (bicyclic) bond motifs is 1. The summed E-state index contributed by atoms with van der Waals surface area (Å²) in [6, 6.07) is 12.0. The molecule has 4 aromatic rings. The zero-order chi connectivity index (χ0) is 16.7. The third-order valence-electron chi connectivity index (χ3n) is 3.55. The highest BCUT2D eigenvalue weighted by molar-refractivity contribution is 6.35. The molecule has 0 aliphatic carbocycles. The molecule has 1 N–H and O–H groups in total. The Bertz CT molecular complexity index is 1110. The van der Waals surface area contributed by atoms with Crippen LogP contribution in [-0.4, -0.2) is 24.7 Å². The van der Waals surface area contributed by atoms with E-state index in [1.165, 1.54) is 10.9 Å². The number of para-hydroxylation sites is 1. The van der Waals surface area contributed by atoms with Crippen molar-refractivity contribution >= 4 is 34.1 Å². The molecule has 0 unspecified atom stereocenters. The van der Waals surface area contributed by atoms with Crippen LogP contribution in [0.5, 0.6) is 0 Å². The molecule has 2 aromatic carbocycles. The predicted molar refractivity (Wildman–Crippen MR) is 92.7 cm³/mol. The SMILES string of the molecule is O=c1c2ccccc2nc(-c2ncn[nH]2)n1-c1ccc(Cl)cc1Cl. The van der Waals surface area contributed by atoms with E-state index in [-0.39, 0.29) is 5.56 Å². The maximum Gasteiger partial charge on any atom is 0.266 e. The Kier molecular flexibility index (Phi) is 3.55. The van der Waals surface area contributed by atoms with Crippen molar-refractivity contribution in [2.45, 2.75) is 0 Å². The van der Waals surface area contributed by atoms with Gasteiger partial charge in [0.25, 0.3) is 5.56 Å². The highest BCUT2D eigenvalue weighted by Gasteiger charge is 2.18. The Labute approximate surface area is 145 Å². The number of aromatic nitrogens is 5. The zero-order valence-electron chi connectivity index (χ0n) is 12.1. The van der Waals surface area contributed by atoms with E-state index < -0.39 is 0 Å². The van der Waals surface area contributed by atoms with E-state index >= 15 is 0 Å². The van der Waals surface area contributed by atoms with Gasteiger partial charge in [0.15, 0.2) is 11.6 Å². The number of H-pyrrole nitrogens is 1. The fourth-order valence-corrected chi connectivity index (χ4v) is 2.98. The first-order valence-corrected chi connectivity index (χ1v) is 7.74. The van der Waals surface area contributed by atoms with Crippen LogP contribution in [0.1, 0.15) is 0 Å². The quantitative estimate of drug-likeness (QED) is 0.595. The van der Waals surface area contributed by atoms with E-state index in [1.54, 1.807) is 36.4 Å². The lowest BCUT2D eigenvalue weighted by Crippen LogP contribution is -2.22. The van der Waals surface area contributed by atoms with Gasteiger partial charge in [-0.15, -0.1) is 0 Å². The van der Waals surface area contributed by atoms with Gasteiger partial charge >= 0.3 is 0 Å². The van der Waals surface area contributed by atoms with Crippen molar-refractivity contribution in [2.24, 2.45) is 0 Å². The first-order chi connectivity index (χ1) is 11.6. The van der Waals surface area contributed by atoms with Crippen LogP contribution < -0.4 is 5.56 Å². The van der Waals surface area contributed by atoms with Gasteiger partial charge in [0.1, 0.15) is 6.33 Å². The average Bonchev–Trinajstić information content (AvgIpc) is 3.10. The van der Waals surface area contributed by atoms with Gasteiger partial charge < -0.3 is 0 Å². The molecule has 0 spiro atoms. The van der Waals surface area contributed by atoms with Crippen molar-refractivity contribution in [3.8, 4) is 17.3 Å². The number of hydrogen-bond donors (Lipinski definition) is 1. The molecule has 0 radical (unpaired) electrons. The van der Waals surface area contributed by atoms with Crippen molar-refractivity contribution in [3.05, 3.63) is 69.2 Å².